The first kappa shape index (κ1) is 21.9. The molecule has 0 radical (unpaired) electrons. The number of halogens is 1. The lowest BCUT2D eigenvalue weighted by molar-refractivity contribution is 0.322. The maximum absolute atomic E-state index is 6.13. The quantitative estimate of drug-likeness (QED) is 0.517. The van der Waals surface area contributed by atoms with Gasteiger partial charge < -0.3 is 29.7 Å². The first-order valence-electron chi connectivity index (χ1n) is 9.85. The van der Waals surface area contributed by atoms with Gasteiger partial charge in [-0.15, -0.1) is 0 Å². The lowest BCUT2D eigenvalue weighted by Crippen LogP contribution is -2.44. The fraction of sp³-hybridized carbons (Fsp3) is 0.409. The highest BCUT2D eigenvalue weighted by atomic mass is 35.5. The Balaban J connectivity index is 1.61. The number of guanidine groups is 1. The average molecular weight is 433 g/mol. The molecule has 0 bridgehead atoms. The number of rotatable bonds is 7. The van der Waals surface area contributed by atoms with E-state index in [1.54, 1.807) is 28.4 Å². The number of hydrogen-bond acceptors (Lipinski definition) is 5. The number of hydrogen-bond donors (Lipinski definition) is 2. The Kier molecular flexibility index (Phi) is 7.52. The summed E-state index contributed by atoms with van der Waals surface area (Å²) in [6.07, 6.45) is 1.02. The Morgan fingerprint density at radius 1 is 1.13 bits per heavy atom. The molecular weight excluding hydrogens is 404 g/mol. The third kappa shape index (κ3) is 5.02. The molecule has 3 rings (SSSR count). The number of anilines is 1. The van der Waals surface area contributed by atoms with E-state index < -0.39 is 0 Å². The summed E-state index contributed by atoms with van der Waals surface area (Å²) >= 11 is 6.13. The normalized spacial score (nSPS) is 16.4. The van der Waals surface area contributed by atoms with E-state index in [1.807, 2.05) is 30.3 Å². The highest BCUT2D eigenvalue weighted by Crippen LogP contribution is 2.39. The smallest absolute Gasteiger partial charge is 0.203 e. The zero-order chi connectivity index (χ0) is 21.5. The third-order valence-corrected chi connectivity index (χ3v) is 5.39. The van der Waals surface area contributed by atoms with E-state index in [9.17, 15) is 0 Å². The molecule has 0 aliphatic carbocycles. The number of methoxy groups -OCH3 is 3. The molecule has 1 aliphatic heterocycles. The van der Waals surface area contributed by atoms with E-state index in [0.29, 0.717) is 29.8 Å². The SMILES string of the molecule is CN=C(NCc1ccc(OC)c(OC)c1OC)NC1CCN(c2cccc(Cl)c2)C1. The summed E-state index contributed by atoms with van der Waals surface area (Å²) in [5.74, 6) is 2.60. The zero-order valence-corrected chi connectivity index (χ0v) is 18.6. The van der Waals surface area contributed by atoms with Gasteiger partial charge in [0.15, 0.2) is 17.5 Å². The summed E-state index contributed by atoms with van der Waals surface area (Å²) in [5, 5.41) is 7.62. The van der Waals surface area contributed by atoms with Crippen LogP contribution in [0.15, 0.2) is 41.4 Å². The summed E-state index contributed by atoms with van der Waals surface area (Å²) in [6, 6.07) is 12.1. The lowest BCUT2D eigenvalue weighted by Gasteiger charge is -2.21. The van der Waals surface area contributed by atoms with Crippen molar-refractivity contribution >= 4 is 23.2 Å². The molecule has 1 fully saturated rings. The summed E-state index contributed by atoms with van der Waals surface area (Å²) < 4.78 is 16.4. The molecule has 0 aromatic heterocycles. The Morgan fingerprint density at radius 2 is 1.93 bits per heavy atom. The standard InChI is InChI=1S/C22H29ClN4O3/c1-24-22(25-13-15-8-9-19(28-2)21(30-4)20(15)29-3)26-17-10-11-27(14-17)18-7-5-6-16(23)12-18/h5-9,12,17H,10-11,13-14H2,1-4H3,(H2,24,25,26). The van der Waals surface area contributed by atoms with Gasteiger partial charge in [0.25, 0.3) is 0 Å². The van der Waals surface area contributed by atoms with Crippen LogP contribution in [0.25, 0.3) is 0 Å². The average Bonchev–Trinajstić information content (AvgIpc) is 3.24. The molecule has 1 saturated heterocycles. The minimum Gasteiger partial charge on any atom is -0.493 e. The Bertz CT molecular complexity index is 891. The van der Waals surface area contributed by atoms with Gasteiger partial charge in [-0.05, 0) is 36.8 Å². The molecule has 1 aliphatic rings. The first-order chi connectivity index (χ1) is 14.6. The second-order valence-electron chi connectivity index (χ2n) is 6.98. The number of nitrogens with zero attached hydrogens (tertiary/aromatic N) is 2. The van der Waals surface area contributed by atoms with E-state index in [0.717, 1.165) is 41.7 Å². The molecule has 162 valence electrons. The van der Waals surface area contributed by atoms with Crippen molar-refractivity contribution in [2.24, 2.45) is 4.99 Å². The van der Waals surface area contributed by atoms with E-state index in [2.05, 4.69) is 26.6 Å². The maximum atomic E-state index is 6.13. The van der Waals surface area contributed by atoms with E-state index in [4.69, 9.17) is 25.8 Å². The first-order valence-corrected chi connectivity index (χ1v) is 10.2. The van der Waals surface area contributed by atoms with Gasteiger partial charge >= 0.3 is 0 Å². The van der Waals surface area contributed by atoms with E-state index >= 15 is 0 Å². The maximum Gasteiger partial charge on any atom is 0.203 e. The van der Waals surface area contributed by atoms with Crippen molar-refractivity contribution in [1.29, 1.82) is 0 Å². The monoisotopic (exact) mass is 432 g/mol. The fourth-order valence-electron chi connectivity index (χ4n) is 3.65. The zero-order valence-electron chi connectivity index (χ0n) is 17.9. The van der Waals surface area contributed by atoms with Crippen LogP contribution in [0.3, 0.4) is 0 Å². The van der Waals surface area contributed by atoms with Gasteiger partial charge in [-0.1, -0.05) is 17.7 Å². The van der Waals surface area contributed by atoms with Crippen LogP contribution in [-0.2, 0) is 6.54 Å². The molecular formula is C22H29ClN4O3. The van der Waals surface area contributed by atoms with Crippen molar-refractivity contribution in [3.63, 3.8) is 0 Å². The number of ether oxygens (including phenoxy) is 3. The van der Waals surface area contributed by atoms with Gasteiger partial charge in [-0.25, -0.2) is 0 Å². The highest BCUT2D eigenvalue weighted by molar-refractivity contribution is 6.30. The van der Waals surface area contributed by atoms with Crippen molar-refractivity contribution in [3.8, 4) is 17.2 Å². The van der Waals surface area contributed by atoms with Crippen LogP contribution in [0, 0.1) is 0 Å². The second kappa shape index (κ2) is 10.3. The van der Waals surface area contributed by atoms with Gasteiger partial charge in [0.2, 0.25) is 5.75 Å². The van der Waals surface area contributed by atoms with Gasteiger partial charge in [0.1, 0.15) is 0 Å². The molecule has 0 spiro atoms. The van der Waals surface area contributed by atoms with E-state index in [1.165, 1.54) is 0 Å². The van der Waals surface area contributed by atoms with Gasteiger partial charge in [0.05, 0.1) is 21.3 Å². The molecule has 0 amide bonds. The fourth-order valence-corrected chi connectivity index (χ4v) is 3.84. The van der Waals surface area contributed by atoms with E-state index in [-0.39, 0.29) is 0 Å². The van der Waals surface area contributed by atoms with Crippen molar-refractivity contribution in [1.82, 2.24) is 10.6 Å². The molecule has 7 nitrogen and oxygen atoms in total. The lowest BCUT2D eigenvalue weighted by atomic mass is 10.1. The Hall–Kier alpha value is -2.80. The van der Waals surface area contributed by atoms with Gasteiger partial charge in [0, 0.05) is 49.0 Å². The van der Waals surface area contributed by atoms with Crippen LogP contribution >= 0.6 is 11.6 Å². The van der Waals surface area contributed by atoms with Crippen LogP contribution in [-0.4, -0.2) is 53.5 Å². The molecule has 2 aromatic rings. The van der Waals surface area contributed by atoms with Crippen molar-refractivity contribution in [3.05, 3.63) is 47.0 Å². The predicted molar refractivity (Wildman–Crippen MR) is 122 cm³/mol. The van der Waals surface area contributed by atoms with Crippen LogP contribution in [0.2, 0.25) is 5.02 Å². The Morgan fingerprint density at radius 3 is 2.60 bits per heavy atom. The predicted octanol–water partition coefficient (Wildman–Crippen LogP) is 3.31. The third-order valence-electron chi connectivity index (χ3n) is 5.16. The molecule has 30 heavy (non-hydrogen) atoms. The topological polar surface area (TPSA) is 67.4 Å². The van der Waals surface area contributed by atoms with Gasteiger partial charge in [-0.3, -0.25) is 4.99 Å². The summed E-state index contributed by atoms with van der Waals surface area (Å²) in [5.41, 5.74) is 2.09. The van der Waals surface area contributed by atoms with Gasteiger partial charge in [-0.2, -0.15) is 0 Å². The van der Waals surface area contributed by atoms with Crippen molar-refractivity contribution in [2.75, 3.05) is 46.4 Å². The van der Waals surface area contributed by atoms with Crippen molar-refractivity contribution < 1.29 is 14.2 Å². The minimum absolute atomic E-state index is 0.294. The summed E-state index contributed by atoms with van der Waals surface area (Å²) in [6.45, 7) is 2.40. The molecule has 1 atom stereocenters. The molecule has 8 heteroatoms. The minimum atomic E-state index is 0.294. The van der Waals surface area contributed by atoms with Crippen LogP contribution < -0.4 is 29.7 Å². The summed E-state index contributed by atoms with van der Waals surface area (Å²) in [7, 11) is 6.60. The molecule has 1 heterocycles. The largest absolute Gasteiger partial charge is 0.493 e. The Labute approximate surface area is 183 Å². The second-order valence-corrected chi connectivity index (χ2v) is 7.41. The number of nitrogens with one attached hydrogen (secondary N) is 2. The summed E-state index contributed by atoms with van der Waals surface area (Å²) in [4.78, 5) is 6.70. The van der Waals surface area contributed by atoms with Crippen LogP contribution in [0.1, 0.15) is 12.0 Å². The number of benzene rings is 2. The molecule has 2 aromatic carbocycles. The molecule has 1 unspecified atom stereocenters. The van der Waals surface area contributed by atoms with Crippen LogP contribution in [0.4, 0.5) is 5.69 Å². The number of aliphatic imine (C=N–C) groups is 1. The molecule has 0 saturated carbocycles. The van der Waals surface area contributed by atoms with Crippen molar-refractivity contribution in [2.45, 2.75) is 19.0 Å². The highest BCUT2D eigenvalue weighted by Gasteiger charge is 2.24. The molecule has 2 N–H and O–H groups in total. The van der Waals surface area contributed by atoms with Crippen LogP contribution in [0.5, 0.6) is 17.2 Å².